The van der Waals surface area contributed by atoms with Crippen LogP contribution in [0.5, 0.6) is 0 Å². The minimum atomic E-state index is 0.218. The van der Waals surface area contributed by atoms with E-state index in [2.05, 4.69) is 10.0 Å². The molecule has 0 fully saturated rings. The number of aliphatic hydroxyl groups excluding tert-OH is 1. The number of aryl methyl sites for hydroxylation is 1. The number of rotatable bonds is 3. The van der Waals surface area contributed by atoms with Crippen LogP contribution in [0.1, 0.15) is 6.42 Å². The lowest BCUT2D eigenvalue weighted by Crippen LogP contribution is -1.95. The summed E-state index contributed by atoms with van der Waals surface area (Å²) in [5.74, 6) is 0. The average molecular weight is 225 g/mol. The SMILES string of the molecule is OCCCn1sc2ccccc2c1=S. The lowest BCUT2D eigenvalue weighted by atomic mass is 10.3. The molecule has 0 spiro atoms. The highest BCUT2D eigenvalue weighted by Gasteiger charge is 2.02. The smallest absolute Gasteiger partial charge is 0.123 e. The fourth-order valence-electron chi connectivity index (χ4n) is 1.38. The number of hydrogen-bond donors (Lipinski definition) is 1. The lowest BCUT2D eigenvalue weighted by Gasteiger charge is -1.97. The first-order valence-corrected chi connectivity index (χ1v) is 5.71. The molecule has 0 saturated carbocycles. The van der Waals surface area contributed by atoms with Crippen LogP contribution >= 0.6 is 23.8 Å². The molecule has 2 rings (SSSR count). The maximum atomic E-state index is 8.75. The van der Waals surface area contributed by atoms with Gasteiger partial charge in [-0.25, -0.2) is 0 Å². The van der Waals surface area contributed by atoms with Gasteiger partial charge in [-0.2, -0.15) is 0 Å². The van der Waals surface area contributed by atoms with E-state index >= 15 is 0 Å². The second kappa shape index (κ2) is 4.21. The summed E-state index contributed by atoms with van der Waals surface area (Å²) in [6.07, 6.45) is 0.765. The quantitative estimate of drug-likeness (QED) is 0.813. The van der Waals surface area contributed by atoms with E-state index < -0.39 is 0 Å². The third-order valence-corrected chi connectivity index (χ3v) is 3.77. The third kappa shape index (κ3) is 1.73. The first kappa shape index (κ1) is 9.83. The first-order chi connectivity index (χ1) is 6.83. The Kier molecular flexibility index (Phi) is 2.96. The van der Waals surface area contributed by atoms with Gasteiger partial charge in [0, 0.05) is 18.5 Å². The molecular formula is C10H11NOS2. The van der Waals surface area contributed by atoms with Crippen LogP contribution in [-0.2, 0) is 6.54 Å². The summed E-state index contributed by atoms with van der Waals surface area (Å²) >= 11 is 7.00. The van der Waals surface area contributed by atoms with Crippen LogP contribution in [0.2, 0.25) is 0 Å². The van der Waals surface area contributed by atoms with Crippen molar-refractivity contribution in [1.82, 2.24) is 3.96 Å². The van der Waals surface area contributed by atoms with Crippen LogP contribution < -0.4 is 0 Å². The monoisotopic (exact) mass is 225 g/mol. The molecule has 1 aromatic heterocycles. The number of benzene rings is 1. The number of fused-ring (bicyclic) bond motifs is 1. The van der Waals surface area contributed by atoms with Gasteiger partial charge in [-0.1, -0.05) is 41.9 Å². The molecule has 0 bridgehead atoms. The van der Waals surface area contributed by atoms with Gasteiger partial charge in [0.1, 0.15) is 4.64 Å². The molecular weight excluding hydrogens is 214 g/mol. The zero-order valence-electron chi connectivity index (χ0n) is 7.64. The van der Waals surface area contributed by atoms with Crippen molar-refractivity contribution in [1.29, 1.82) is 0 Å². The Bertz CT molecular complexity index is 486. The Balaban J connectivity index is 2.47. The molecule has 0 saturated heterocycles. The molecule has 2 nitrogen and oxygen atoms in total. The molecule has 74 valence electrons. The van der Waals surface area contributed by atoms with E-state index in [-0.39, 0.29) is 6.61 Å². The summed E-state index contributed by atoms with van der Waals surface area (Å²) in [6.45, 7) is 1.03. The van der Waals surface area contributed by atoms with Crippen molar-refractivity contribution >= 4 is 33.8 Å². The van der Waals surface area contributed by atoms with E-state index in [1.807, 2.05) is 18.2 Å². The Hall–Kier alpha value is -0.710. The molecule has 4 heteroatoms. The van der Waals surface area contributed by atoms with Gasteiger partial charge in [-0.05, 0) is 12.5 Å². The molecule has 1 heterocycles. The normalized spacial score (nSPS) is 10.9. The zero-order valence-corrected chi connectivity index (χ0v) is 9.27. The van der Waals surface area contributed by atoms with Crippen molar-refractivity contribution in [3.8, 4) is 0 Å². The summed E-state index contributed by atoms with van der Waals surface area (Å²) in [6, 6.07) is 8.14. The fraction of sp³-hybridized carbons (Fsp3) is 0.300. The van der Waals surface area contributed by atoms with Gasteiger partial charge in [0.2, 0.25) is 0 Å². The largest absolute Gasteiger partial charge is 0.396 e. The average Bonchev–Trinajstić information content (AvgIpc) is 2.54. The summed E-state index contributed by atoms with van der Waals surface area (Å²) < 4.78 is 4.17. The highest BCUT2D eigenvalue weighted by Crippen LogP contribution is 2.22. The summed E-state index contributed by atoms with van der Waals surface area (Å²) in [5, 5.41) is 9.89. The predicted octanol–water partition coefficient (Wildman–Crippen LogP) is 2.81. The Morgan fingerprint density at radius 2 is 2.14 bits per heavy atom. The summed E-state index contributed by atoms with van der Waals surface area (Å²) in [5.41, 5.74) is 0. The molecule has 1 aromatic carbocycles. The van der Waals surface area contributed by atoms with Gasteiger partial charge in [-0.15, -0.1) is 0 Å². The minimum absolute atomic E-state index is 0.218. The van der Waals surface area contributed by atoms with Gasteiger partial charge in [0.25, 0.3) is 0 Å². The van der Waals surface area contributed by atoms with Crippen LogP contribution in [-0.4, -0.2) is 15.7 Å². The lowest BCUT2D eigenvalue weighted by molar-refractivity contribution is 0.281. The van der Waals surface area contributed by atoms with Crippen molar-refractivity contribution in [3.05, 3.63) is 28.9 Å². The highest BCUT2D eigenvalue weighted by atomic mass is 32.1. The Morgan fingerprint density at radius 1 is 1.36 bits per heavy atom. The second-order valence-electron chi connectivity index (χ2n) is 3.07. The zero-order chi connectivity index (χ0) is 9.97. The van der Waals surface area contributed by atoms with Gasteiger partial charge >= 0.3 is 0 Å². The number of nitrogens with zero attached hydrogens (tertiary/aromatic N) is 1. The van der Waals surface area contributed by atoms with E-state index in [1.165, 1.54) is 4.70 Å². The topological polar surface area (TPSA) is 25.2 Å². The highest BCUT2D eigenvalue weighted by molar-refractivity contribution is 7.71. The Morgan fingerprint density at radius 3 is 2.86 bits per heavy atom. The number of hydrogen-bond acceptors (Lipinski definition) is 3. The standard InChI is InChI=1S/C10H11NOS2/c12-7-3-6-11-10(13)8-4-1-2-5-9(8)14-11/h1-2,4-5,12H,3,6-7H2. The molecule has 2 aromatic rings. The van der Waals surface area contributed by atoms with Crippen LogP contribution in [0.3, 0.4) is 0 Å². The maximum Gasteiger partial charge on any atom is 0.123 e. The Labute approximate surface area is 91.6 Å². The van der Waals surface area contributed by atoms with Crippen LogP contribution in [0, 0.1) is 4.64 Å². The summed E-state index contributed by atoms with van der Waals surface area (Å²) in [7, 11) is 0. The molecule has 14 heavy (non-hydrogen) atoms. The van der Waals surface area contributed by atoms with Crippen molar-refractivity contribution < 1.29 is 5.11 Å². The molecule has 0 aliphatic rings. The first-order valence-electron chi connectivity index (χ1n) is 4.52. The van der Waals surface area contributed by atoms with Crippen molar-refractivity contribution in [2.75, 3.05) is 6.61 Å². The van der Waals surface area contributed by atoms with Crippen molar-refractivity contribution in [2.24, 2.45) is 0 Å². The fourth-order valence-corrected chi connectivity index (χ4v) is 2.87. The van der Waals surface area contributed by atoms with Crippen molar-refractivity contribution in [2.45, 2.75) is 13.0 Å². The van der Waals surface area contributed by atoms with Crippen LogP contribution in [0.4, 0.5) is 0 Å². The van der Waals surface area contributed by atoms with E-state index in [1.54, 1.807) is 11.5 Å². The summed E-state index contributed by atoms with van der Waals surface area (Å²) in [4.78, 5) is 0. The molecule has 1 N–H and O–H groups in total. The number of aromatic nitrogens is 1. The second-order valence-corrected chi connectivity index (χ2v) is 4.52. The van der Waals surface area contributed by atoms with Gasteiger partial charge in [-0.3, -0.25) is 3.96 Å². The predicted molar refractivity (Wildman–Crippen MR) is 62.4 cm³/mol. The molecule has 0 amide bonds. The van der Waals surface area contributed by atoms with Crippen LogP contribution in [0.15, 0.2) is 24.3 Å². The van der Waals surface area contributed by atoms with Gasteiger partial charge in [0.15, 0.2) is 0 Å². The third-order valence-electron chi connectivity index (χ3n) is 2.07. The van der Waals surface area contributed by atoms with Gasteiger partial charge < -0.3 is 5.11 Å². The molecule has 0 aliphatic heterocycles. The minimum Gasteiger partial charge on any atom is -0.396 e. The van der Waals surface area contributed by atoms with E-state index in [0.717, 1.165) is 23.0 Å². The molecule has 0 unspecified atom stereocenters. The number of aliphatic hydroxyl groups is 1. The van der Waals surface area contributed by atoms with Gasteiger partial charge in [0.05, 0.1) is 4.70 Å². The van der Waals surface area contributed by atoms with E-state index in [4.69, 9.17) is 17.3 Å². The molecule has 0 atom stereocenters. The molecule has 0 aliphatic carbocycles. The van der Waals surface area contributed by atoms with Crippen molar-refractivity contribution in [3.63, 3.8) is 0 Å². The maximum absolute atomic E-state index is 8.75. The van der Waals surface area contributed by atoms with Crippen LogP contribution in [0.25, 0.3) is 10.1 Å². The van der Waals surface area contributed by atoms with E-state index in [9.17, 15) is 0 Å². The molecule has 0 radical (unpaired) electrons. The van der Waals surface area contributed by atoms with E-state index in [0.29, 0.717) is 0 Å².